The van der Waals surface area contributed by atoms with Gasteiger partial charge in [-0.05, 0) is 10.4 Å². The Balaban J connectivity index is 2.04. The third-order valence-electron chi connectivity index (χ3n) is 2.91. The fourth-order valence-corrected chi connectivity index (χ4v) is 1.89. The monoisotopic (exact) mass is 313 g/mol. The predicted octanol–water partition coefficient (Wildman–Crippen LogP) is -0.339. The number of nitrogens with zero attached hydrogens (tertiary/aromatic N) is 6. The summed E-state index contributed by atoms with van der Waals surface area (Å²) in [6.07, 6.45) is 1.40. The topological polar surface area (TPSA) is 160 Å². The Morgan fingerprint density at radius 3 is 2.74 bits per heavy atom. The van der Waals surface area contributed by atoms with E-state index in [9.17, 15) is 0 Å². The number of rotatable bonds is 4. The van der Waals surface area contributed by atoms with Crippen LogP contribution in [0.4, 0.5) is 5.69 Å². The molecule has 0 amide bonds. The molecule has 0 atom stereocenters. The molecule has 116 valence electrons. The van der Waals surface area contributed by atoms with Gasteiger partial charge in [-0.25, -0.2) is 0 Å². The number of hydrogen-bond acceptors (Lipinski definition) is 9. The van der Waals surface area contributed by atoms with Gasteiger partial charge in [0.25, 0.3) is 0 Å². The highest BCUT2D eigenvalue weighted by atomic mass is 16.6. The van der Waals surface area contributed by atoms with Crippen molar-refractivity contribution in [2.24, 2.45) is 10.8 Å². The molecule has 3 rings (SSSR count). The van der Waals surface area contributed by atoms with E-state index < -0.39 is 5.84 Å². The molecule has 0 saturated carbocycles. The molecule has 1 aliphatic heterocycles. The highest BCUT2D eigenvalue weighted by molar-refractivity contribution is 6.45. The van der Waals surface area contributed by atoms with Gasteiger partial charge in [0.1, 0.15) is 25.6 Å². The van der Waals surface area contributed by atoms with Gasteiger partial charge in [0, 0.05) is 12.1 Å². The molecular formula is C12H11N9O2. The Morgan fingerprint density at radius 1 is 1.39 bits per heavy atom. The highest BCUT2D eigenvalue weighted by Crippen LogP contribution is 2.37. The van der Waals surface area contributed by atoms with Gasteiger partial charge in [0.2, 0.25) is 5.71 Å². The van der Waals surface area contributed by atoms with Crippen LogP contribution in [0.2, 0.25) is 0 Å². The molecule has 2 heterocycles. The normalized spacial score (nSPS) is 13.3. The van der Waals surface area contributed by atoms with E-state index >= 15 is 0 Å². The molecule has 0 unspecified atom stereocenters. The fourth-order valence-electron chi connectivity index (χ4n) is 1.89. The Morgan fingerprint density at radius 2 is 2.13 bits per heavy atom. The first-order valence-corrected chi connectivity index (χ1v) is 6.44. The van der Waals surface area contributed by atoms with E-state index in [0.717, 1.165) is 0 Å². The van der Waals surface area contributed by atoms with Crippen LogP contribution in [0.25, 0.3) is 5.69 Å². The molecule has 0 spiro atoms. The van der Waals surface area contributed by atoms with E-state index in [4.69, 9.17) is 25.9 Å². The number of tetrazole rings is 1. The minimum Gasteiger partial charge on any atom is -0.486 e. The number of nitriles is 1. The molecule has 1 aromatic heterocycles. The van der Waals surface area contributed by atoms with Gasteiger partial charge in [0.05, 0.1) is 11.4 Å². The molecule has 1 aromatic carbocycles. The first-order valence-electron chi connectivity index (χ1n) is 6.44. The van der Waals surface area contributed by atoms with E-state index in [2.05, 4.69) is 26.1 Å². The van der Waals surface area contributed by atoms with Crippen LogP contribution in [-0.2, 0) is 0 Å². The van der Waals surface area contributed by atoms with Crippen LogP contribution in [0.5, 0.6) is 11.5 Å². The zero-order chi connectivity index (χ0) is 16.2. The minimum atomic E-state index is -0.443. The second-order valence-corrected chi connectivity index (χ2v) is 4.37. The second-order valence-electron chi connectivity index (χ2n) is 4.37. The van der Waals surface area contributed by atoms with Gasteiger partial charge in [0.15, 0.2) is 17.3 Å². The van der Waals surface area contributed by atoms with Crippen LogP contribution in [0.15, 0.2) is 23.6 Å². The summed E-state index contributed by atoms with van der Waals surface area (Å²) in [6.45, 7) is 0.868. The molecule has 23 heavy (non-hydrogen) atoms. The molecule has 4 N–H and O–H groups in total. The number of amidine groups is 1. The van der Waals surface area contributed by atoms with Crippen LogP contribution < -0.4 is 20.6 Å². The molecule has 0 bridgehead atoms. The molecule has 11 nitrogen and oxygen atoms in total. The van der Waals surface area contributed by atoms with Gasteiger partial charge >= 0.3 is 0 Å². The van der Waals surface area contributed by atoms with Gasteiger partial charge in [-0.2, -0.15) is 15.0 Å². The lowest BCUT2D eigenvalue weighted by Crippen LogP contribution is -2.22. The van der Waals surface area contributed by atoms with Crippen LogP contribution in [0, 0.1) is 16.7 Å². The summed E-state index contributed by atoms with van der Waals surface area (Å²) in [4.78, 5) is 0. The Kier molecular flexibility index (Phi) is 3.71. The lowest BCUT2D eigenvalue weighted by Gasteiger charge is -2.20. The fraction of sp³-hybridized carbons (Fsp3) is 0.167. The third kappa shape index (κ3) is 2.86. The van der Waals surface area contributed by atoms with Gasteiger partial charge in [-0.3, -0.25) is 10.8 Å². The SMILES string of the molecule is N#C/C(=N\Nc1cc2c(cc1-n1cnnn1)OCCO2)C(=N)N. The average molecular weight is 313 g/mol. The molecule has 11 heteroatoms. The lowest BCUT2D eigenvalue weighted by atomic mass is 10.2. The minimum absolute atomic E-state index is 0.248. The number of anilines is 1. The van der Waals surface area contributed by atoms with Crippen molar-refractivity contribution in [1.29, 1.82) is 10.7 Å². The van der Waals surface area contributed by atoms with E-state index in [0.29, 0.717) is 36.1 Å². The number of aromatic nitrogens is 4. The van der Waals surface area contributed by atoms with E-state index in [1.165, 1.54) is 11.0 Å². The maximum Gasteiger partial charge on any atom is 0.201 e. The van der Waals surface area contributed by atoms with Crippen molar-refractivity contribution in [2.75, 3.05) is 18.6 Å². The van der Waals surface area contributed by atoms with Gasteiger partial charge in [-0.1, -0.05) is 0 Å². The summed E-state index contributed by atoms with van der Waals surface area (Å²) in [5.41, 5.74) is 8.68. The quantitative estimate of drug-likeness (QED) is 0.392. The molecule has 0 saturated heterocycles. The van der Waals surface area contributed by atoms with Gasteiger partial charge < -0.3 is 15.2 Å². The van der Waals surface area contributed by atoms with Crippen molar-refractivity contribution < 1.29 is 9.47 Å². The summed E-state index contributed by atoms with van der Waals surface area (Å²) in [6, 6.07) is 5.05. The molecule has 0 radical (unpaired) electrons. The van der Waals surface area contributed by atoms with E-state index in [-0.39, 0.29) is 5.71 Å². The molecule has 0 aliphatic carbocycles. The van der Waals surface area contributed by atoms with Crippen LogP contribution in [0.1, 0.15) is 0 Å². The average Bonchev–Trinajstić information content (AvgIpc) is 3.08. The maximum atomic E-state index is 8.90. The van der Waals surface area contributed by atoms with Crippen molar-refractivity contribution in [1.82, 2.24) is 20.2 Å². The largest absolute Gasteiger partial charge is 0.486 e. The summed E-state index contributed by atoms with van der Waals surface area (Å²) in [5.74, 6) is 0.622. The zero-order valence-electron chi connectivity index (χ0n) is 11.7. The summed E-state index contributed by atoms with van der Waals surface area (Å²) in [7, 11) is 0. The molecule has 1 aliphatic rings. The lowest BCUT2D eigenvalue weighted by molar-refractivity contribution is 0.171. The second kappa shape index (κ2) is 5.98. The maximum absolute atomic E-state index is 8.90. The Labute approximate surface area is 129 Å². The summed E-state index contributed by atoms with van der Waals surface area (Å²) in [5, 5.41) is 30.9. The smallest absolute Gasteiger partial charge is 0.201 e. The van der Waals surface area contributed by atoms with Crippen LogP contribution in [0.3, 0.4) is 0 Å². The first kappa shape index (κ1) is 14.3. The van der Waals surface area contributed by atoms with E-state index in [1.807, 2.05) is 0 Å². The molecule has 0 fully saturated rings. The summed E-state index contributed by atoms with van der Waals surface area (Å²) >= 11 is 0. The number of ether oxygens (including phenoxy) is 2. The van der Waals surface area contributed by atoms with Crippen molar-refractivity contribution in [3.05, 3.63) is 18.5 Å². The Bertz CT molecular complexity index is 807. The van der Waals surface area contributed by atoms with Crippen LogP contribution >= 0.6 is 0 Å². The number of nitrogens with one attached hydrogen (secondary N) is 2. The molecular weight excluding hydrogens is 302 g/mol. The predicted molar refractivity (Wildman–Crippen MR) is 78.7 cm³/mol. The number of fused-ring (bicyclic) bond motifs is 1. The number of nitrogens with two attached hydrogens (primary N) is 1. The van der Waals surface area contributed by atoms with Crippen molar-refractivity contribution in [3.63, 3.8) is 0 Å². The van der Waals surface area contributed by atoms with E-state index in [1.54, 1.807) is 18.2 Å². The standard InChI is InChI=1S/C12H11N9O2/c13-5-8(12(14)15)18-17-7-3-10-11(23-2-1-22-10)4-9(7)21-6-16-19-20-21/h3-4,6,17H,1-2H2,(H3,14,15)/b18-8+. The summed E-state index contributed by atoms with van der Waals surface area (Å²) < 4.78 is 12.4. The van der Waals surface area contributed by atoms with Gasteiger partial charge in [-0.15, -0.1) is 5.10 Å². The highest BCUT2D eigenvalue weighted by Gasteiger charge is 2.17. The third-order valence-corrected chi connectivity index (χ3v) is 2.91. The Hall–Kier alpha value is -3.68. The number of benzene rings is 1. The van der Waals surface area contributed by atoms with Crippen LogP contribution in [-0.4, -0.2) is 45.0 Å². The molecule has 2 aromatic rings. The van der Waals surface area contributed by atoms with Crippen molar-refractivity contribution in [2.45, 2.75) is 0 Å². The van der Waals surface area contributed by atoms with Crippen molar-refractivity contribution >= 4 is 17.2 Å². The number of hydrogen-bond donors (Lipinski definition) is 3. The van der Waals surface area contributed by atoms with Crippen molar-refractivity contribution in [3.8, 4) is 23.3 Å². The zero-order valence-corrected chi connectivity index (χ0v) is 11.7. The first-order chi connectivity index (χ1) is 11.2. The number of hydrazone groups is 1.